The summed E-state index contributed by atoms with van der Waals surface area (Å²) < 4.78 is 26.5. The molecular formula is C14H22N2O4S. The van der Waals surface area contributed by atoms with Crippen molar-refractivity contribution < 1.29 is 18.6 Å². The van der Waals surface area contributed by atoms with Crippen molar-refractivity contribution in [2.24, 2.45) is 0 Å². The van der Waals surface area contributed by atoms with Crippen LogP contribution in [0.5, 0.6) is 0 Å². The van der Waals surface area contributed by atoms with Gasteiger partial charge in [-0.05, 0) is 19.1 Å². The van der Waals surface area contributed by atoms with Gasteiger partial charge in [0.2, 0.25) is 10.0 Å². The maximum atomic E-state index is 12.5. The second-order valence-electron chi connectivity index (χ2n) is 5.35. The van der Waals surface area contributed by atoms with E-state index in [1.807, 2.05) is 11.8 Å². The van der Waals surface area contributed by atoms with Crippen molar-refractivity contribution in [3.63, 3.8) is 0 Å². The molecular weight excluding hydrogens is 292 g/mol. The molecule has 1 aromatic carbocycles. The predicted molar refractivity (Wildman–Crippen MR) is 79.5 cm³/mol. The second-order valence-corrected chi connectivity index (χ2v) is 7.29. The predicted octanol–water partition coefficient (Wildman–Crippen LogP) is -0.345. The van der Waals surface area contributed by atoms with E-state index in [1.54, 1.807) is 24.3 Å². The van der Waals surface area contributed by atoms with Crippen LogP contribution in [0.15, 0.2) is 29.2 Å². The van der Waals surface area contributed by atoms with Gasteiger partial charge in [-0.2, -0.15) is 4.31 Å². The number of aryl methyl sites for hydroxylation is 1. The Morgan fingerprint density at radius 3 is 2.24 bits per heavy atom. The molecule has 0 bridgehead atoms. The lowest BCUT2D eigenvalue weighted by Crippen LogP contribution is -2.50. The largest absolute Gasteiger partial charge is 0.394 e. The van der Waals surface area contributed by atoms with Crippen LogP contribution < -0.4 is 0 Å². The summed E-state index contributed by atoms with van der Waals surface area (Å²) in [4.78, 5) is 2.28. The van der Waals surface area contributed by atoms with E-state index in [9.17, 15) is 13.5 Å². The molecule has 1 fully saturated rings. The van der Waals surface area contributed by atoms with Crippen molar-refractivity contribution in [2.45, 2.75) is 17.9 Å². The Balaban J connectivity index is 1.99. The van der Waals surface area contributed by atoms with Gasteiger partial charge in [-0.15, -0.1) is 0 Å². The summed E-state index contributed by atoms with van der Waals surface area (Å²) >= 11 is 0. The van der Waals surface area contributed by atoms with Crippen LogP contribution in [0.4, 0.5) is 0 Å². The lowest BCUT2D eigenvalue weighted by Gasteiger charge is -2.34. The first-order valence-corrected chi connectivity index (χ1v) is 8.45. The summed E-state index contributed by atoms with van der Waals surface area (Å²) in [7, 11) is -3.44. The molecule has 0 unspecified atom stereocenters. The first-order chi connectivity index (χ1) is 9.93. The Labute approximate surface area is 125 Å². The minimum atomic E-state index is -3.44. The summed E-state index contributed by atoms with van der Waals surface area (Å²) in [5, 5.41) is 18.3. The van der Waals surface area contributed by atoms with Crippen LogP contribution in [0.3, 0.4) is 0 Å². The maximum absolute atomic E-state index is 12.5. The van der Waals surface area contributed by atoms with Crippen molar-refractivity contribution in [3.8, 4) is 0 Å². The fourth-order valence-corrected chi connectivity index (χ4v) is 3.79. The summed E-state index contributed by atoms with van der Waals surface area (Å²) in [6.07, 6.45) is -0.773. The topological polar surface area (TPSA) is 81.1 Å². The van der Waals surface area contributed by atoms with Crippen molar-refractivity contribution in [1.82, 2.24) is 9.21 Å². The van der Waals surface area contributed by atoms with Crippen LogP contribution in [0.1, 0.15) is 5.56 Å². The van der Waals surface area contributed by atoms with Crippen LogP contribution in [0.2, 0.25) is 0 Å². The number of piperazine rings is 1. The van der Waals surface area contributed by atoms with Gasteiger partial charge >= 0.3 is 0 Å². The lowest BCUT2D eigenvalue weighted by atomic mass is 10.2. The third-order valence-corrected chi connectivity index (χ3v) is 5.58. The molecule has 2 rings (SSSR count). The number of hydrogen-bond acceptors (Lipinski definition) is 5. The smallest absolute Gasteiger partial charge is 0.243 e. The van der Waals surface area contributed by atoms with Gasteiger partial charge < -0.3 is 10.2 Å². The SMILES string of the molecule is Cc1ccc(S(=O)(=O)N2CCN(C[C@H](O)CO)CC2)cc1. The molecule has 1 heterocycles. The molecule has 1 aliphatic heterocycles. The highest BCUT2D eigenvalue weighted by molar-refractivity contribution is 7.89. The van der Waals surface area contributed by atoms with E-state index in [4.69, 9.17) is 5.11 Å². The van der Waals surface area contributed by atoms with Crippen LogP contribution in [-0.4, -0.2) is 73.3 Å². The molecule has 1 aliphatic rings. The van der Waals surface area contributed by atoms with Gasteiger partial charge in [0.05, 0.1) is 17.6 Å². The van der Waals surface area contributed by atoms with Crippen molar-refractivity contribution in [1.29, 1.82) is 0 Å². The van der Waals surface area contributed by atoms with Gasteiger partial charge in [0.25, 0.3) is 0 Å². The molecule has 0 spiro atoms. The highest BCUT2D eigenvalue weighted by atomic mass is 32.2. The average molecular weight is 314 g/mol. The number of hydrogen-bond donors (Lipinski definition) is 2. The van der Waals surface area contributed by atoms with E-state index in [1.165, 1.54) is 4.31 Å². The van der Waals surface area contributed by atoms with Gasteiger partial charge in [-0.3, -0.25) is 4.90 Å². The van der Waals surface area contributed by atoms with Crippen molar-refractivity contribution >= 4 is 10.0 Å². The van der Waals surface area contributed by atoms with Crippen LogP contribution >= 0.6 is 0 Å². The second kappa shape index (κ2) is 6.85. The Bertz CT molecular complexity index is 551. The maximum Gasteiger partial charge on any atom is 0.243 e. The van der Waals surface area contributed by atoms with Gasteiger partial charge in [0, 0.05) is 32.7 Å². The molecule has 0 saturated carbocycles. The molecule has 7 heteroatoms. The minimum Gasteiger partial charge on any atom is -0.394 e. The van der Waals surface area contributed by atoms with Gasteiger partial charge in [-0.25, -0.2) is 8.42 Å². The zero-order chi connectivity index (χ0) is 15.5. The first-order valence-electron chi connectivity index (χ1n) is 7.01. The number of sulfonamides is 1. The van der Waals surface area contributed by atoms with E-state index in [2.05, 4.69) is 0 Å². The lowest BCUT2D eigenvalue weighted by molar-refractivity contribution is 0.0491. The fourth-order valence-electron chi connectivity index (χ4n) is 2.37. The molecule has 0 amide bonds. The Hall–Kier alpha value is -0.990. The molecule has 1 atom stereocenters. The van der Waals surface area contributed by atoms with Crippen molar-refractivity contribution in [3.05, 3.63) is 29.8 Å². The van der Waals surface area contributed by atoms with E-state index < -0.39 is 16.1 Å². The molecule has 2 N–H and O–H groups in total. The zero-order valence-corrected chi connectivity index (χ0v) is 13.0. The van der Waals surface area contributed by atoms with Crippen molar-refractivity contribution in [2.75, 3.05) is 39.3 Å². The van der Waals surface area contributed by atoms with Crippen LogP contribution in [0, 0.1) is 6.92 Å². The monoisotopic (exact) mass is 314 g/mol. The number of aliphatic hydroxyl groups excluding tert-OH is 2. The quantitative estimate of drug-likeness (QED) is 0.777. The molecule has 118 valence electrons. The highest BCUT2D eigenvalue weighted by Gasteiger charge is 2.28. The summed E-state index contributed by atoms with van der Waals surface area (Å²) in [6, 6.07) is 6.85. The Kier molecular flexibility index (Phi) is 5.34. The van der Waals surface area contributed by atoms with E-state index in [0.717, 1.165) is 5.56 Å². The fraction of sp³-hybridized carbons (Fsp3) is 0.571. The number of rotatable bonds is 5. The third-order valence-electron chi connectivity index (χ3n) is 3.67. The molecule has 6 nitrogen and oxygen atoms in total. The summed E-state index contributed by atoms with van der Waals surface area (Å²) in [6.45, 7) is 3.92. The first kappa shape index (κ1) is 16.4. The van der Waals surface area contributed by atoms with Crippen LogP contribution in [0.25, 0.3) is 0 Å². The average Bonchev–Trinajstić information content (AvgIpc) is 2.48. The molecule has 0 radical (unpaired) electrons. The van der Waals surface area contributed by atoms with E-state index in [0.29, 0.717) is 37.6 Å². The molecule has 0 aromatic heterocycles. The minimum absolute atomic E-state index is 0.276. The number of β-amino-alcohol motifs (C(OH)–C–C–N with tert-alkyl or cyclic N) is 1. The number of benzene rings is 1. The van der Waals surface area contributed by atoms with Crippen LogP contribution in [-0.2, 0) is 10.0 Å². The highest BCUT2D eigenvalue weighted by Crippen LogP contribution is 2.18. The summed E-state index contributed by atoms with van der Waals surface area (Å²) in [5.74, 6) is 0. The van der Waals surface area contributed by atoms with Gasteiger partial charge in [0.1, 0.15) is 0 Å². The molecule has 1 aromatic rings. The standard InChI is InChI=1S/C14H22N2O4S/c1-12-2-4-14(5-3-12)21(19,20)16-8-6-15(7-9-16)10-13(18)11-17/h2-5,13,17-18H,6-11H2,1H3/t13-/m0/s1. The third kappa shape index (κ3) is 4.02. The molecule has 0 aliphatic carbocycles. The Morgan fingerprint density at radius 2 is 1.71 bits per heavy atom. The molecule has 1 saturated heterocycles. The Morgan fingerprint density at radius 1 is 1.14 bits per heavy atom. The summed E-state index contributed by atoms with van der Waals surface area (Å²) in [5.41, 5.74) is 1.02. The zero-order valence-electron chi connectivity index (χ0n) is 12.1. The molecule has 21 heavy (non-hydrogen) atoms. The normalized spacial score (nSPS) is 19.6. The van der Waals surface area contributed by atoms with E-state index >= 15 is 0 Å². The van der Waals surface area contributed by atoms with E-state index in [-0.39, 0.29) is 6.61 Å². The van der Waals surface area contributed by atoms with Gasteiger partial charge in [0.15, 0.2) is 0 Å². The number of aliphatic hydroxyl groups is 2. The number of nitrogens with zero attached hydrogens (tertiary/aromatic N) is 2. The van der Waals surface area contributed by atoms with Gasteiger partial charge in [-0.1, -0.05) is 17.7 Å².